The summed E-state index contributed by atoms with van der Waals surface area (Å²) in [5.41, 5.74) is 0.844. The van der Waals surface area contributed by atoms with Gasteiger partial charge in [-0.3, -0.25) is 14.2 Å². The summed E-state index contributed by atoms with van der Waals surface area (Å²) in [6.45, 7) is -0.186. The van der Waals surface area contributed by atoms with Crippen LogP contribution in [0.15, 0.2) is 63.4 Å². The summed E-state index contributed by atoms with van der Waals surface area (Å²) in [6.07, 6.45) is 1.96. The third-order valence-corrected chi connectivity index (χ3v) is 7.39. The molecule has 0 aliphatic carbocycles. The Morgan fingerprint density at radius 1 is 1.16 bits per heavy atom. The van der Waals surface area contributed by atoms with Crippen LogP contribution < -0.4 is 5.56 Å². The highest BCUT2D eigenvalue weighted by atomic mass is 35.5. The molecule has 0 radical (unpaired) electrons. The Labute approximate surface area is 195 Å². The molecule has 4 aromatic rings. The number of aromatic nitrogens is 2. The van der Waals surface area contributed by atoms with Gasteiger partial charge in [-0.05, 0) is 35.0 Å². The predicted molar refractivity (Wildman–Crippen MR) is 125 cm³/mol. The molecule has 1 amide bonds. The monoisotopic (exact) mass is 488 g/mol. The van der Waals surface area contributed by atoms with Gasteiger partial charge in [0.15, 0.2) is 0 Å². The topological polar surface area (TPSA) is 67.6 Å². The minimum atomic E-state index is -0.378. The second-order valence-electron chi connectivity index (χ2n) is 6.96. The van der Waals surface area contributed by atoms with Crippen molar-refractivity contribution in [2.45, 2.75) is 19.0 Å². The van der Waals surface area contributed by atoms with Gasteiger partial charge in [-0.1, -0.05) is 35.3 Å². The largest absolute Gasteiger partial charge is 0.289 e. The van der Waals surface area contributed by atoms with Gasteiger partial charge in [0.1, 0.15) is 6.54 Å². The lowest BCUT2D eigenvalue weighted by Crippen LogP contribution is -2.33. The minimum Gasteiger partial charge on any atom is -0.289 e. The van der Waals surface area contributed by atoms with Crippen molar-refractivity contribution in [2.75, 3.05) is 0 Å². The first-order valence-corrected chi connectivity index (χ1v) is 11.8. The smallest absolute Gasteiger partial charge is 0.263 e. The number of hydrogen-bond donors (Lipinski definition) is 0. The van der Waals surface area contributed by atoms with Gasteiger partial charge < -0.3 is 0 Å². The van der Waals surface area contributed by atoms with Crippen molar-refractivity contribution in [1.29, 1.82) is 0 Å². The van der Waals surface area contributed by atoms with E-state index in [1.165, 1.54) is 28.0 Å². The van der Waals surface area contributed by atoms with Crippen LogP contribution in [-0.2, 0) is 11.3 Å². The van der Waals surface area contributed by atoms with Crippen LogP contribution in [0.5, 0.6) is 0 Å². The number of thiophene rings is 2. The molecule has 156 valence electrons. The molecular formula is C21H14Cl2N4O2S2. The Morgan fingerprint density at radius 3 is 2.71 bits per heavy atom. The van der Waals surface area contributed by atoms with E-state index < -0.39 is 0 Å². The highest BCUT2D eigenvalue weighted by Crippen LogP contribution is 2.36. The first kappa shape index (κ1) is 20.4. The van der Waals surface area contributed by atoms with Gasteiger partial charge in [-0.15, -0.1) is 22.7 Å². The molecule has 31 heavy (non-hydrogen) atoms. The second-order valence-corrected chi connectivity index (χ2v) is 9.73. The highest BCUT2D eigenvalue weighted by Gasteiger charge is 2.34. The van der Waals surface area contributed by atoms with Gasteiger partial charge in [-0.2, -0.15) is 5.10 Å². The molecule has 0 N–H and O–H groups in total. The second kappa shape index (κ2) is 8.20. The van der Waals surface area contributed by atoms with E-state index in [-0.39, 0.29) is 29.4 Å². The summed E-state index contributed by atoms with van der Waals surface area (Å²) in [7, 11) is 0. The number of carbonyl (C=O) groups is 1. The van der Waals surface area contributed by atoms with Crippen molar-refractivity contribution in [1.82, 2.24) is 14.6 Å². The Hall–Kier alpha value is -2.52. The van der Waals surface area contributed by atoms with Crippen LogP contribution in [0.3, 0.4) is 0 Å². The number of benzene rings is 1. The first-order valence-electron chi connectivity index (χ1n) is 9.32. The number of carbonyl (C=O) groups excluding carboxylic acids is 1. The van der Waals surface area contributed by atoms with Crippen molar-refractivity contribution in [2.24, 2.45) is 5.10 Å². The lowest BCUT2D eigenvalue weighted by molar-refractivity contribution is -0.133. The molecule has 1 unspecified atom stereocenters. The SMILES string of the molecule is O=C(Cn1cnc2c(Cl)cc(Cl)cc2c1=O)N1N=C(c2cccs2)CC1c1cccs1. The number of halogens is 2. The lowest BCUT2D eigenvalue weighted by atomic mass is 10.1. The zero-order valence-corrected chi connectivity index (χ0v) is 19.0. The standard InChI is InChI=1S/C21H14Cl2N4O2S2/c22-12-7-13-20(14(23)8-12)24-11-26(21(13)29)10-19(28)27-16(18-4-2-6-31-18)9-15(25-27)17-3-1-5-30-17/h1-8,11,16H,9-10H2. The Bertz CT molecular complexity index is 1360. The van der Waals surface area contributed by atoms with Crippen molar-refractivity contribution < 1.29 is 4.79 Å². The van der Waals surface area contributed by atoms with Crippen LogP contribution in [0.4, 0.5) is 0 Å². The van der Waals surface area contributed by atoms with Crippen LogP contribution >= 0.6 is 45.9 Å². The molecule has 4 heterocycles. The maximum Gasteiger partial charge on any atom is 0.263 e. The maximum absolute atomic E-state index is 13.2. The van der Waals surface area contributed by atoms with E-state index in [1.54, 1.807) is 22.7 Å². The Balaban J connectivity index is 1.49. The molecular weight excluding hydrogens is 475 g/mol. The van der Waals surface area contributed by atoms with Gasteiger partial charge in [0.25, 0.3) is 11.5 Å². The molecule has 1 aliphatic heterocycles. The number of nitrogens with zero attached hydrogens (tertiary/aromatic N) is 4. The van der Waals surface area contributed by atoms with Crippen LogP contribution in [0, 0.1) is 0 Å². The normalized spacial score (nSPS) is 16.1. The lowest BCUT2D eigenvalue weighted by Gasteiger charge is -2.21. The molecule has 1 atom stereocenters. The van der Waals surface area contributed by atoms with Crippen molar-refractivity contribution in [3.8, 4) is 0 Å². The van der Waals surface area contributed by atoms with Gasteiger partial charge in [0.05, 0.1) is 38.9 Å². The summed E-state index contributed by atoms with van der Waals surface area (Å²) >= 11 is 15.4. The number of hydrazone groups is 1. The molecule has 0 fully saturated rings. The highest BCUT2D eigenvalue weighted by molar-refractivity contribution is 7.12. The zero-order chi connectivity index (χ0) is 21.5. The third-order valence-electron chi connectivity index (χ3n) is 4.99. The van der Waals surface area contributed by atoms with E-state index in [4.69, 9.17) is 23.2 Å². The molecule has 0 saturated carbocycles. The van der Waals surface area contributed by atoms with E-state index >= 15 is 0 Å². The quantitative estimate of drug-likeness (QED) is 0.396. The van der Waals surface area contributed by atoms with E-state index in [1.807, 2.05) is 35.0 Å². The third kappa shape index (κ3) is 3.80. The van der Waals surface area contributed by atoms with Gasteiger partial charge in [0.2, 0.25) is 0 Å². The van der Waals surface area contributed by atoms with Crippen LogP contribution in [0.2, 0.25) is 10.0 Å². The number of rotatable bonds is 4. The molecule has 1 aromatic carbocycles. The van der Waals surface area contributed by atoms with E-state index in [9.17, 15) is 9.59 Å². The van der Waals surface area contributed by atoms with Gasteiger partial charge >= 0.3 is 0 Å². The Morgan fingerprint density at radius 2 is 1.97 bits per heavy atom. The number of fused-ring (bicyclic) bond motifs is 1. The molecule has 3 aromatic heterocycles. The van der Waals surface area contributed by atoms with Crippen LogP contribution in [-0.4, -0.2) is 26.2 Å². The summed E-state index contributed by atoms with van der Waals surface area (Å²) < 4.78 is 1.27. The Kier molecular flexibility index (Phi) is 5.39. The molecule has 0 spiro atoms. The van der Waals surface area contributed by atoms with Crippen molar-refractivity contribution >= 4 is 68.4 Å². The number of amides is 1. The fourth-order valence-electron chi connectivity index (χ4n) is 3.56. The fraction of sp³-hybridized carbons (Fsp3) is 0.143. The average molecular weight is 489 g/mol. The molecule has 5 rings (SSSR count). The van der Waals surface area contributed by atoms with Crippen molar-refractivity contribution in [3.05, 3.63) is 83.6 Å². The molecule has 6 nitrogen and oxygen atoms in total. The predicted octanol–water partition coefficient (Wildman–Crippen LogP) is 5.20. The fourth-order valence-corrected chi connectivity index (χ4v) is 5.63. The first-order chi connectivity index (χ1) is 15.0. The van der Waals surface area contributed by atoms with Crippen LogP contribution in [0.1, 0.15) is 22.2 Å². The van der Waals surface area contributed by atoms with Gasteiger partial charge in [-0.25, -0.2) is 9.99 Å². The summed E-state index contributed by atoms with van der Waals surface area (Å²) in [4.78, 5) is 32.5. The van der Waals surface area contributed by atoms with Crippen molar-refractivity contribution in [3.63, 3.8) is 0 Å². The van der Waals surface area contributed by atoms with E-state index in [2.05, 4.69) is 10.1 Å². The summed E-state index contributed by atoms with van der Waals surface area (Å²) in [5.74, 6) is -0.290. The van der Waals surface area contributed by atoms with E-state index in [0.717, 1.165) is 15.5 Å². The zero-order valence-electron chi connectivity index (χ0n) is 15.9. The maximum atomic E-state index is 13.2. The molecule has 0 bridgehead atoms. The van der Waals surface area contributed by atoms with Gasteiger partial charge in [0, 0.05) is 16.3 Å². The minimum absolute atomic E-state index is 0.186. The molecule has 10 heteroatoms. The summed E-state index contributed by atoms with van der Waals surface area (Å²) in [5, 5.41) is 11.0. The number of hydrogen-bond acceptors (Lipinski definition) is 6. The van der Waals surface area contributed by atoms with Crippen LogP contribution in [0.25, 0.3) is 10.9 Å². The van der Waals surface area contributed by atoms with E-state index in [0.29, 0.717) is 22.0 Å². The average Bonchev–Trinajstić information content (AvgIpc) is 3.50. The molecule has 1 aliphatic rings. The summed E-state index contributed by atoms with van der Waals surface area (Å²) in [6, 6.07) is 10.8. The molecule has 0 saturated heterocycles.